The number of hydrogen-bond acceptors (Lipinski definition) is 7. The van der Waals surface area contributed by atoms with Gasteiger partial charge in [-0.25, -0.2) is 0 Å². The van der Waals surface area contributed by atoms with Gasteiger partial charge in [0.1, 0.15) is 23.1 Å². The number of hydrogen-bond donors (Lipinski definition) is 1. The summed E-state index contributed by atoms with van der Waals surface area (Å²) in [6.07, 6.45) is 2.32. The number of aryl methyl sites for hydroxylation is 2. The highest BCUT2D eigenvalue weighted by Crippen LogP contribution is 2.42. The third-order valence-electron chi connectivity index (χ3n) is 4.25. The monoisotopic (exact) mass is 370 g/mol. The third-order valence-corrected chi connectivity index (χ3v) is 5.25. The summed E-state index contributed by atoms with van der Waals surface area (Å²) in [7, 11) is 0. The summed E-state index contributed by atoms with van der Waals surface area (Å²) in [6, 6.07) is 7.04. The van der Waals surface area contributed by atoms with E-state index in [1.807, 2.05) is 19.9 Å². The van der Waals surface area contributed by atoms with Crippen molar-refractivity contribution in [2.75, 3.05) is 5.32 Å². The van der Waals surface area contributed by atoms with Crippen LogP contribution in [0.3, 0.4) is 0 Å². The summed E-state index contributed by atoms with van der Waals surface area (Å²) < 4.78 is 10.9. The van der Waals surface area contributed by atoms with Gasteiger partial charge in [-0.05, 0) is 44.9 Å². The molecule has 1 saturated carbocycles. The van der Waals surface area contributed by atoms with Gasteiger partial charge in [0, 0.05) is 11.5 Å². The van der Waals surface area contributed by atoms with E-state index in [4.69, 9.17) is 9.26 Å². The quantitative estimate of drug-likeness (QED) is 0.709. The first-order valence-corrected chi connectivity index (χ1v) is 9.21. The number of ether oxygens (including phenoxy) is 1. The Morgan fingerprint density at radius 2 is 2.19 bits per heavy atom. The van der Waals surface area contributed by atoms with Gasteiger partial charge < -0.3 is 9.26 Å². The van der Waals surface area contributed by atoms with E-state index in [9.17, 15) is 4.79 Å². The van der Waals surface area contributed by atoms with Crippen molar-refractivity contribution in [3.05, 3.63) is 51.9 Å². The average molecular weight is 370 g/mol. The van der Waals surface area contributed by atoms with Crippen LogP contribution in [0, 0.1) is 13.8 Å². The normalized spacial score (nSPS) is 13.6. The molecule has 0 aliphatic heterocycles. The van der Waals surface area contributed by atoms with Gasteiger partial charge in [0.2, 0.25) is 5.13 Å². The highest BCUT2D eigenvalue weighted by molar-refractivity contribution is 7.15. The molecule has 0 bridgehead atoms. The highest BCUT2D eigenvalue weighted by Gasteiger charge is 2.27. The number of benzene rings is 1. The van der Waals surface area contributed by atoms with Gasteiger partial charge in [0.05, 0.1) is 11.3 Å². The molecule has 0 atom stereocenters. The van der Waals surface area contributed by atoms with E-state index in [0.29, 0.717) is 29.0 Å². The summed E-state index contributed by atoms with van der Waals surface area (Å²) in [6.45, 7) is 4.06. The Balaban J connectivity index is 1.41. The van der Waals surface area contributed by atoms with Gasteiger partial charge in [-0.15, -0.1) is 10.2 Å². The summed E-state index contributed by atoms with van der Waals surface area (Å²) in [5, 5.41) is 16.4. The summed E-state index contributed by atoms with van der Waals surface area (Å²) in [5.74, 6) is 1.64. The van der Waals surface area contributed by atoms with E-state index in [0.717, 1.165) is 34.9 Å². The molecule has 26 heavy (non-hydrogen) atoms. The smallest absolute Gasteiger partial charge is 0.257 e. The average Bonchev–Trinajstić information content (AvgIpc) is 3.31. The molecule has 8 heteroatoms. The van der Waals surface area contributed by atoms with Crippen LogP contribution in [0.4, 0.5) is 5.13 Å². The number of amides is 1. The zero-order valence-electron chi connectivity index (χ0n) is 14.5. The van der Waals surface area contributed by atoms with E-state index in [-0.39, 0.29) is 5.91 Å². The van der Waals surface area contributed by atoms with Crippen molar-refractivity contribution in [2.24, 2.45) is 0 Å². The van der Waals surface area contributed by atoms with E-state index >= 15 is 0 Å². The second-order valence-electron chi connectivity index (χ2n) is 6.29. The van der Waals surface area contributed by atoms with Crippen LogP contribution < -0.4 is 10.1 Å². The number of nitrogens with zero attached hydrogens (tertiary/aromatic N) is 3. The first-order valence-electron chi connectivity index (χ1n) is 8.39. The van der Waals surface area contributed by atoms with Crippen LogP contribution >= 0.6 is 11.3 Å². The van der Waals surface area contributed by atoms with Gasteiger partial charge in [0.25, 0.3) is 5.91 Å². The van der Waals surface area contributed by atoms with Gasteiger partial charge in [-0.2, -0.15) is 0 Å². The number of aromatic nitrogens is 3. The van der Waals surface area contributed by atoms with Crippen molar-refractivity contribution >= 4 is 22.4 Å². The minimum Gasteiger partial charge on any atom is -0.489 e. The SMILES string of the molecule is Cc1noc(C)c1COc1cccc(C(=O)Nc2nnc(C3CC3)s2)c1. The van der Waals surface area contributed by atoms with E-state index in [1.54, 1.807) is 18.2 Å². The van der Waals surface area contributed by atoms with Crippen LogP contribution in [-0.2, 0) is 6.61 Å². The minimum atomic E-state index is -0.230. The maximum atomic E-state index is 12.4. The van der Waals surface area contributed by atoms with Crippen LogP contribution in [0.25, 0.3) is 0 Å². The predicted octanol–water partition coefficient (Wildman–Crippen LogP) is 3.85. The Labute approximate surface area is 154 Å². The van der Waals surface area contributed by atoms with Gasteiger partial charge in [0.15, 0.2) is 0 Å². The van der Waals surface area contributed by atoms with Crippen LogP contribution in [0.2, 0.25) is 0 Å². The molecule has 0 spiro atoms. The van der Waals surface area contributed by atoms with E-state index in [1.165, 1.54) is 11.3 Å². The summed E-state index contributed by atoms with van der Waals surface area (Å²) in [4.78, 5) is 12.4. The summed E-state index contributed by atoms with van der Waals surface area (Å²) >= 11 is 1.44. The second-order valence-corrected chi connectivity index (χ2v) is 7.30. The Morgan fingerprint density at radius 1 is 1.35 bits per heavy atom. The molecule has 7 nitrogen and oxygen atoms in total. The molecule has 0 unspecified atom stereocenters. The zero-order chi connectivity index (χ0) is 18.1. The number of rotatable bonds is 6. The Bertz CT molecular complexity index is 926. The molecule has 2 heterocycles. The minimum absolute atomic E-state index is 0.230. The largest absolute Gasteiger partial charge is 0.489 e. The molecule has 1 fully saturated rings. The maximum Gasteiger partial charge on any atom is 0.257 e. The fraction of sp³-hybridized carbons (Fsp3) is 0.333. The lowest BCUT2D eigenvalue weighted by atomic mass is 10.2. The molecule has 1 aliphatic rings. The molecule has 1 aliphatic carbocycles. The Hall–Kier alpha value is -2.74. The molecule has 1 N–H and O–H groups in total. The Kier molecular flexibility index (Phi) is 4.42. The lowest BCUT2D eigenvalue weighted by Gasteiger charge is -2.07. The molecule has 2 aromatic heterocycles. The van der Waals surface area contributed by atoms with Crippen molar-refractivity contribution in [2.45, 2.75) is 39.2 Å². The maximum absolute atomic E-state index is 12.4. The number of carbonyl (C=O) groups is 1. The lowest BCUT2D eigenvalue weighted by Crippen LogP contribution is -2.11. The van der Waals surface area contributed by atoms with Crippen molar-refractivity contribution < 1.29 is 14.1 Å². The second kappa shape index (κ2) is 6.87. The first-order chi connectivity index (χ1) is 12.6. The van der Waals surface area contributed by atoms with Crippen molar-refractivity contribution in [3.63, 3.8) is 0 Å². The van der Waals surface area contributed by atoms with Gasteiger partial charge in [-0.3, -0.25) is 10.1 Å². The highest BCUT2D eigenvalue weighted by atomic mass is 32.1. The standard InChI is InChI=1S/C18H18N4O3S/c1-10-15(11(2)25-22-10)9-24-14-5-3-4-13(8-14)16(23)19-18-21-20-17(26-18)12-6-7-12/h3-5,8,12H,6-7,9H2,1-2H3,(H,19,21,23). The van der Waals surface area contributed by atoms with E-state index in [2.05, 4.69) is 20.7 Å². The lowest BCUT2D eigenvalue weighted by molar-refractivity contribution is 0.102. The predicted molar refractivity (Wildman–Crippen MR) is 96.6 cm³/mol. The van der Waals surface area contributed by atoms with Gasteiger partial charge >= 0.3 is 0 Å². The fourth-order valence-corrected chi connectivity index (χ4v) is 3.45. The molecule has 0 saturated heterocycles. The molecule has 3 aromatic rings. The Morgan fingerprint density at radius 3 is 2.92 bits per heavy atom. The number of anilines is 1. The van der Waals surface area contributed by atoms with Crippen LogP contribution in [0.15, 0.2) is 28.8 Å². The number of nitrogens with one attached hydrogen (secondary N) is 1. The molecule has 1 aromatic carbocycles. The zero-order valence-corrected chi connectivity index (χ0v) is 15.3. The molecular weight excluding hydrogens is 352 g/mol. The number of carbonyl (C=O) groups excluding carboxylic acids is 1. The molecule has 0 radical (unpaired) electrons. The van der Waals surface area contributed by atoms with Crippen molar-refractivity contribution in [1.82, 2.24) is 15.4 Å². The van der Waals surface area contributed by atoms with Crippen LogP contribution in [0.5, 0.6) is 5.75 Å². The van der Waals surface area contributed by atoms with E-state index < -0.39 is 0 Å². The molecule has 1 amide bonds. The molecule has 4 rings (SSSR count). The van der Waals surface area contributed by atoms with Crippen molar-refractivity contribution in [3.8, 4) is 5.75 Å². The molecular formula is C18H18N4O3S. The first kappa shape index (κ1) is 16.7. The van der Waals surface area contributed by atoms with Gasteiger partial charge in [-0.1, -0.05) is 22.6 Å². The fourth-order valence-electron chi connectivity index (χ4n) is 2.54. The third kappa shape index (κ3) is 3.60. The molecule has 134 valence electrons. The topological polar surface area (TPSA) is 90.1 Å². The van der Waals surface area contributed by atoms with Crippen LogP contribution in [0.1, 0.15) is 51.1 Å². The summed E-state index contributed by atoms with van der Waals surface area (Å²) in [5.41, 5.74) is 2.23. The van der Waals surface area contributed by atoms with Crippen molar-refractivity contribution in [1.29, 1.82) is 0 Å². The van der Waals surface area contributed by atoms with Crippen LogP contribution in [-0.4, -0.2) is 21.3 Å².